The number of aliphatic hydroxyl groups is 1. The highest BCUT2D eigenvalue weighted by Gasteiger charge is 2.23. The Balaban J connectivity index is 1.75. The summed E-state index contributed by atoms with van der Waals surface area (Å²) < 4.78 is 12.9. The van der Waals surface area contributed by atoms with Crippen LogP contribution >= 0.6 is 0 Å². The molecule has 6 heteroatoms. The lowest BCUT2D eigenvalue weighted by Gasteiger charge is -2.10. The third-order valence-electron chi connectivity index (χ3n) is 4.22. The molecule has 1 N–H and O–H groups in total. The first-order valence-corrected chi connectivity index (χ1v) is 8.12. The van der Waals surface area contributed by atoms with Crippen LogP contribution in [0.1, 0.15) is 43.3 Å². The predicted octanol–water partition coefficient (Wildman–Crippen LogP) is 2.52. The fourth-order valence-electron chi connectivity index (χ4n) is 3.01. The first-order chi connectivity index (χ1) is 11.3. The van der Waals surface area contributed by atoms with E-state index in [4.69, 9.17) is 9.47 Å². The molecule has 124 valence electrons. The molecule has 0 spiro atoms. The lowest BCUT2D eigenvalue weighted by molar-refractivity contribution is 0.245. The van der Waals surface area contributed by atoms with Gasteiger partial charge < -0.3 is 14.6 Å². The van der Waals surface area contributed by atoms with Crippen molar-refractivity contribution in [2.75, 3.05) is 13.7 Å². The zero-order chi connectivity index (χ0) is 16.1. The van der Waals surface area contributed by atoms with Crippen molar-refractivity contribution in [3.63, 3.8) is 0 Å². The van der Waals surface area contributed by atoms with Crippen molar-refractivity contribution in [2.45, 2.75) is 44.8 Å². The van der Waals surface area contributed by atoms with Gasteiger partial charge in [0.1, 0.15) is 6.61 Å². The van der Waals surface area contributed by atoms with Crippen LogP contribution in [0.2, 0.25) is 0 Å². The predicted molar refractivity (Wildman–Crippen MR) is 85.6 cm³/mol. The molecule has 1 aliphatic carbocycles. The van der Waals surface area contributed by atoms with E-state index in [2.05, 4.69) is 10.1 Å². The molecule has 23 heavy (non-hydrogen) atoms. The van der Waals surface area contributed by atoms with Gasteiger partial charge in [-0.3, -0.25) is 0 Å². The minimum atomic E-state index is 0.0368. The SMILES string of the molecule is COc1ccccc1OCc1nc(C2CCCC2)nn1CCO. The van der Waals surface area contributed by atoms with Crippen molar-refractivity contribution >= 4 is 0 Å². The number of hydrogen-bond donors (Lipinski definition) is 1. The molecule has 1 aromatic carbocycles. The normalized spacial score (nSPS) is 15.0. The maximum absolute atomic E-state index is 9.24. The number of methoxy groups -OCH3 is 1. The van der Waals surface area contributed by atoms with Crippen molar-refractivity contribution in [1.29, 1.82) is 0 Å². The molecule has 6 nitrogen and oxygen atoms in total. The second-order valence-electron chi connectivity index (χ2n) is 5.75. The molecule has 0 amide bonds. The quantitative estimate of drug-likeness (QED) is 0.850. The van der Waals surface area contributed by atoms with Crippen LogP contribution in [0.5, 0.6) is 11.5 Å². The highest BCUT2D eigenvalue weighted by atomic mass is 16.5. The topological polar surface area (TPSA) is 69.4 Å². The summed E-state index contributed by atoms with van der Waals surface area (Å²) in [6.45, 7) is 0.777. The number of rotatable bonds is 7. The maximum atomic E-state index is 9.24. The number of hydrogen-bond acceptors (Lipinski definition) is 5. The summed E-state index contributed by atoms with van der Waals surface area (Å²) in [6, 6.07) is 7.53. The molecular formula is C17H23N3O3. The molecule has 1 saturated carbocycles. The van der Waals surface area contributed by atoms with Crippen LogP contribution in [0.15, 0.2) is 24.3 Å². The number of ether oxygens (including phenoxy) is 2. The zero-order valence-electron chi connectivity index (χ0n) is 13.4. The van der Waals surface area contributed by atoms with Gasteiger partial charge in [-0.25, -0.2) is 9.67 Å². The monoisotopic (exact) mass is 317 g/mol. The van der Waals surface area contributed by atoms with Gasteiger partial charge in [0.05, 0.1) is 20.3 Å². The van der Waals surface area contributed by atoms with E-state index in [9.17, 15) is 5.11 Å². The van der Waals surface area contributed by atoms with Crippen molar-refractivity contribution in [3.05, 3.63) is 35.9 Å². The first kappa shape index (κ1) is 15.8. The third-order valence-corrected chi connectivity index (χ3v) is 4.22. The van der Waals surface area contributed by atoms with E-state index >= 15 is 0 Å². The van der Waals surface area contributed by atoms with E-state index in [0.29, 0.717) is 30.6 Å². The molecule has 0 saturated heterocycles. The second kappa shape index (κ2) is 7.46. The summed E-state index contributed by atoms with van der Waals surface area (Å²) >= 11 is 0. The average Bonchev–Trinajstić information content (AvgIpc) is 3.23. The Morgan fingerprint density at radius 1 is 1.22 bits per heavy atom. The smallest absolute Gasteiger partial charge is 0.165 e. The maximum Gasteiger partial charge on any atom is 0.165 e. The van der Waals surface area contributed by atoms with Gasteiger partial charge in [-0.1, -0.05) is 25.0 Å². The van der Waals surface area contributed by atoms with Crippen LogP contribution in [-0.4, -0.2) is 33.6 Å². The van der Waals surface area contributed by atoms with Crippen LogP contribution in [0, 0.1) is 0 Å². The fourth-order valence-corrected chi connectivity index (χ4v) is 3.01. The van der Waals surface area contributed by atoms with Crippen LogP contribution in [0.3, 0.4) is 0 Å². The van der Waals surface area contributed by atoms with Crippen LogP contribution in [0.25, 0.3) is 0 Å². The summed E-state index contributed by atoms with van der Waals surface area (Å²) in [7, 11) is 1.62. The molecule has 1 fully saturated rings. The molecule has 0 atom stereocenters. The lowest BCUT2D eigenvalue weighted by atomic mass is 10.1. The van der Waals surface area contributed by atoms with E-state index in [1.165, 1.54) is 12.8 Å². The summed E-state index contributed by atoms with van der Waals surface area (Å²) in [5, 5.41) is 13.8. The van der Waals surface area contributed by atoms with E-state index in [-0.39, 0.29) is 6.61 Å². The first-order valence-electron chi connectivity index (χ1n) is 8.12. The minimum absolute atomic E-state index is 0.0368. The van der Waals surface area contributed by atoms with Crippen LogP contribution < -0.4 is 9.47 Å². The van der Waals surface area contributed by atoms with Crippen LogP contribution in [-0.2, 0) is 13.2 Å². The Bertz CT molecular complexity index is 636. The van der Waals surface area contributed by atoms with Gasteiger partial charge in [0.2, 0.25) is 0 Å². The number of nitrogens with zero attached hydrogens (tertiary/aromatic N) is 3. The molecule has 0 unspecified atom stereocenters. The largest absolute Gasteiger partial charge is 0.493 e. The molecule has 0 aliphatic heterocycles. The molecule has 0 radical (unpaired) electrons. The zero-order valence-corrected chi connectivity index (χ0v) is 13.4. The van der Waals surface area contributed by atoms with Crippen molar-refractivity contribution < 1.29 is 14.6 Å². The Labute approximate surface area is 136 Å². The molecule has 1 aliphatic rings. The van der Waals surface area contributed by atoms with Crippen molar-refractivity contribution in [2.24, 2.45) is 0 Å². The molecule has 1 heterocycles. The van der Waals surface area contributed by atoms with Gasteiger partial charge in [-0.05, 0) is 25.0 Å². The summed E-state index contributed by atoms with van der Waals surface area (Å²) in [6.07, 6.45) is 4.78. The van der Waals surface area contributed by atoms with Gasteiger partial charge in [-0.15, -0.1) is 0 Å². The van der Waals surface area contributed by atoms with Gasteiger partial charge in [0.25, 0.3) is 0 Å². The van der Waals surface area contributed by atoms with Crippen LogP contribution in [0.4, 0.5) is 0 Å². The highest BCUT2D eigenvalue weighted by molar-refractivity contribution is 5.39. The fraction of sp³-hybridized carbons (Fsp3) is 0.529. The summed E-state index contributed by atoms with van der Waals surface area (Å²) in [5.41, 5.74) is 0. The molecule has 1 aromatic heterocycles. The number of aromatic nitrogens is 3. The van der Waals surface area contributed by atoms with E-state index in [0.717, 1.165) is 24.5 Å². The minimum Gasteiger partial charge on any atom is -0.493 e. The van der Waals surface area contributed by atoms with Gasteiger partial charge in [0, 0.05) is 5.92 Å². The summed E-state index contributed by atoms with van der Waals surface area (Å²) in [5.74, 6) is 3.44. The Morgan fingerprint density at radius 3 is 2.65 bits per heavy atom. The number of para-hydroxylation sites is 2. The average molecular weight is 317 g/mol. The number of benzene rings is 1. The van der Waals surface area contributed by atoms with Crippen molar-refractivity contribution in [3.8, 4) is 11.5 Å². The lowest BCUT2D eigenvalue weighted by Crippen LogP contribution is -2.11. The Kier molecular flexibility index (Phi) is 5.12. The van der Waals surface area contributed by atoms with Crippen molar-refractivity contribution in [1.82, 2.24) is 14.8 Å². The number of aliphatic hydroxyl groups excluding tert-OH is 1. The van der Waals surface area contributed by atoms with E-state index < -0.39 is 0 Å². The molecule has 2 aromatic rings. The highest BCUT2D eigenvalue weighted by Crippen LogP contribution is 2.32. The standard InChI is InChI=1S/C17H23N3O3/c1-22-14-8-4-5-9-15(14)23-12-16-18-17(13-6-2-3-7-13)19-20(16)10-11-21/h4-5,8-9,13,21H,2-3,6-7,10-12H2,1H3. The van der Waals surface area contributed by atoms with E-state index in [1.807, 2.05) is 24.3 Å². The van der Waals surface area contributed by atoms with Gasteiger partial charge in [0.15, 0.2) is 23.1 Å². The second-order valence-corrected chi connectivity index (χ2v) is 5.75. The molecule has 0 bridgehead atoms. The third kappa shape index (κ3) is 3.64. The Hall–Kier alpha value is -2.08. The Morgan fingerprint density at radius 2 is 1.96 bits per heavy atom. The van der Waals surface area contributed by atoms with E-state index in [1.54, 1.807) is 11.8 Å². The van der Waals surface area contributed by atoms with Gasteiger partial charge in [-0.2, -0.15) is 5.10 Å². The summed E-state index contributed by atoms with van der Waals surface area (Å²) in [4.78, 5) is 4.66. The molecular weight excluding hydrogens is 294 g/mol. The molecule has 3 rings (SSSR count). The van der Waals surface area contributed by atoms with Gasteiger partial charge >= 0.3 is 0 Å².